The summed E-state index contributed by atoms with van der Waals surface area (Å²) in [6.45, 7) is 0. The molecule has 0 amide bonds. The predicted molar refractivity (Wildman–Crippen MR) is 207 cm³/mol. The van der Waals surface area contributed by atoms with Crippen molar-refractivity contribution in [3.8, 4) is 39.2 Å². The van der Waals surface area contributed by atoms with Gasteiger partial charge in [0.25, 0.3) is 0 Å². The van der Waals surface area contributed by atoms with Gasteiger partial charge in [0, 0.05) is 37.3 Å². The van der Waals surface area contributed by atoms with Gasteiger partial charge in [0.15, 0.2) is 0 Å². The van der Waals surface area contributed by atoms with Gasteiger partial charge in [-0.1, -0.05) is 121 Å². The van der Waals surface area contributed by atoms with Crippen LogP contribution in [0.25, 0.3) is 50.1 Å². The van der Waals surface area contributed by atoms with Crippen molar-refractivity contribution < 1.29 is 0 Å². The first-order chi connectivity index (χ1) is 23.2. The topological polar surface area (TPSA) is 8.17 Å². The molecule has 1 heterocycles. The van der Waals surface area contributed by atoms with Crippen LogP contribution in [-0.2, 0) is 0 Å². The van der Waals surface area contributed by atoms with Crippen molar-refractivity contribution in [2.45, 2.75) is 0 Å². The lowest BCUT2D eigenvalue weighted by Gasteiger charge is -2.26. The zero-order valence-electron chi connectivity index (χ0n) is 25.7. The molecule has 0 saturated carbocycles. The Balaban J connectivity index is 1.37. The number of anilines is 3. The molecule has 0 aliphatic carbocycles. The second-order valence-corrected chi connectivity index (χ2v) is 12.8. The number of fused-ring (bicyclic) bond motifs is 1. The van der Waals surface area contributed by atoms with Gasteiger partial charge in [0.1, 0.15) is 0 Å². The average molecular weight is 715 g/mol. The van der Waals surface area contributed by atoms with Gasteiger partial charge in [-0.15, -0.1) is 0 Å². The number of hydrogen-bond acceptors (Lipinski definition) is 1. The Bertz CT molecular complexity index is 2260. The van der Waals surface area contributed by atoms with Gasteiger partial charge in [-0.3, -0.25) is 0 Å². The molecular weight excluding hydrogens is 683 g/mol. The van der Waals surface area contributed by atoms with Gasteiger partial charge < -0.3 is 9.47 Å². The van der Waals surface area contributed by atoms with E-state index in [9.17, 15) is 0 Å². The lowest BCUT2D eigenvalue weighted by Crippen LogP contribution is -2.09. The highest BCUT2D eigenvalue weighted by Gasteiger charge is 2.23. The van der Waals surface area contributed by atoms with Gasteiger partial charge in [-0.25, -0.2) is 0 Å². The van der Waals surface area contributed by atoms with Crippen molar-refractivity contribution in [3.05, 3.63) is 192 Å². The van der Waals surface area contributed by atoms with E-state index in [1.165, 1.54) is 48.0 Å². The van der Waals surface area contributed by atoms with E-state index in [1.807, 2.05) is 0 Å². The molecule has 0 fully saturated rings. The largest absolute Gasteiger partial charge is 0.310 e. The number of benzene rings is 7. The van der Waals surface area contributed by atoms with Crippen LogP contribution in [0.5, 0.6) is 0 Å². The van der Waals surface area contributed by atoms with Gasteiger partial charge in [0.05, 0.1) is 11.2 Å². The molecule has 0 aliphatic heterocycles. The van der Waals surface area contributed by atoms with Gasteiger partial charge in [-0.05, 0) is 112 Å². The summed E-state index contributed by atoms with van der Waals surface area (Å²) in [6.07, 6.45) is 0. The molecule has 0 bridgehead atoms. The van der Waals surface area contributed by atoms with E-state index in [0.29, 0.717) is 0 Å². The highest BCUT2D eigenvalue weighted by Crippen LogP contribution is 2.45. The number of para-hydroxylation sites is 2. The summed E-state index contributed by atoms with van der Waals surface area (Å²) < 4.78 is 3.65. The molecular formula is C44H31IN2. The second kappa shape index (κ2) is 12.8. The van der Waals surface area contributed by atoms with Crippen LogP contribution in [0.3, 0.4) is 0 Å². The fourth-order valence-corrected chi connectivity index (χ4v) is 6.86. The average Bonchev–Trinajstić information content (AvgIpc) is 3.49. The highest BCUT2D eigenvalue weighted by atomic mass is 127. The van der Waals surface area contributed by atoms with Crippen LogP contribution in [0.15, 0.2) is 188 Å². The molecule has 0 spiro atoms. The lowest BCUT2D eigenvalue weighted by atomic mass is 9.98. The molecule has 0 radical (unpaired) electrons. The normalized spacial score (nSPS) is 11.1. The Morgan fingerprint density at radius 1 is 0.404 bits per heavy atom. The van der Waals surface area contributed by atoms with Crippen molar-refractivity contribution >= 4 is 50.6 Å². The smallest absolute Gasteiger partial charge is 0.0619 e. The van der Waals surface area contributed by atoms with Crippen molar-refractivity contribution in [3.63, 3.8) is 0 Å². The molecule has 0 atom stereocenters. The van der Waals surface area contributed by atoms with E-state index >= 15 is 0 Å². The van der Waals surface area contributed by atoms with Gasteiger partial charge in [0.2, 0.25) is 0 Å². The maximum absolute atomic E-state index is 2.42. The third-order valence-electron chi connectivity index (χ3n) is 8.65. The fourth-order valence-electron chi connectivity index (χ4n) is 6.50. The molecule has 3 heteroatoms. The maximum atomic E-state index is 2.42. The molecule has 224 valence electrons. The number of aromatic nitrogens is 1. The Hall–Kier alpha value is -5.39. The molecule has 1 aromatic heterocycles. The summed E-state index contributed by atoms with van der Waals surface area (Å²) in [6, 6.07) is 67.4. The van der Waals surface area contributed by atoms with Crippen molar-refractivity contribution in [2.75, 3.05) is 4.90 Å². The second-order valence-electron chi connectivity index (χ2n) is 11.6. The summed E-state index contributed by atoms with van der Waals surface area (Å²) in [4.78, 5) is 2.36. The van der Waals surface area contributed by atoms with Crippen molar-refractivity contribution in [1.29, 1.82) is 0 Å². The molecule has 7 aromatic carbocycles. The molecule has 8 aromatic rings. The lowest BCUT2D eigenvalue weighted by molar-refractivity contribution is 1.13. The summed E-state index contributed by atoms with van der Waals surface area (Å²) >= 11 is 2.36. The Kier molecular flexibility index (Phi) is 7.90. The molecule has 8 rings (SSSR count). The zero-order chi connectivity index (χ0) is 31.6. The Morgan fingerprint density at radius 2 is 0.894 bits per heavy atom. The van der Waals surface area contributed by atoms with Crippen molar-refractivity contribution in [1.82, 2.24) is 4.57 Å². The SMILES string of the molecule is Ic1ccc(-c2ccc(N(c3ccccc3)c3ccc4c(c3)c(-c3ccccc3)c(-c3ccccc3)n4-c3ccccc3)cc2)cc1. The zero-order valence-corrected chi connectivity index (χ0v) is 27.8. The quantitative estimate of drug-likeness (QED) is 0.149. The number of rotatable bonds is 7. The number of hydrogen-bond donors (Lipinski definition) is 0. The minimum absolute atomic E-state index is 1.10. The van der Waals surface area contributed by atoms with E-state index < -0.39 is 0 Å². The first-order valence-electron chi connectivity index (χ1n) is 15.8. The van der Waals surface area contributed by atoms with Crippen LogP contribution in [-0.4, -0.2) is 4.57 Å². The predicted octanol–water partition coefficient (Wildman–Crippen LogP) is 12.7. The summed E-state index contributed by atoms with van der Waals surface area (Å²) in [5.41, 5.74) is 12.8. The molecule has 0 N–H and O–H groups in total. The molecule has 0 unspecified atom stereocenters. The maximum Gasteiger partial charge on any atom is 0.0619 e. The minimum atomic E-state index is 1.10. The van der Waals surface area contributed by atoms with Crippen molar-refractivity contribution in [2.24, 2.45) is 0 Å². The van der Waals surface area contributed by atoms with Crippen LogP contribution >= 0.6 is 22.6 Å². The molecule has 47 heavy (non-hydrogen) atoms. The third-order valence-corrected chi connectivity index (χ3v) is 9.37. The number of nitrogens with zero attached hydrogens (tertiary/aromatic N) is 2. The van der Waals surface area contributed by atoms with E-state index in [0.717, 1.165) is 22.7 Å². The van der Waals surface area contributed by atoms with Crippen LogP contribution in [0.2, 0.25) is 0 Å². The summed E-state index contributed by atoms with van der Waals surface area (Å²) in [7, 11) is 0. The van der Waals surface area contributed by atoms with E-state index in [2.05, 4.69) is 220 Å². The monoisotopic (exact) mass is 714 g/mol. The van der Waals surface area contributed by atoms with E-state index in [4.69, 9.17) is 0 Å². The van der Waals surface area contributed by atoms with Gasteiger partial charge in [-0.2, -0.15) is 0 Å². The summed E-state index contributed by atoms with van der Waals surface area (Å²) in [5, 5.41) is 1.20. The highest BCUT2D eigenvalue weighted by molar-refractivity contribution is 14.1. The molecule has 0 aliphatic rings. The van der Waals surface area contributed by atoms with Crippen LogP contribution < -0.4 is 4.90 Å². The van der Waals surface area contributed by atoms with E-state index in [-0.39, 0.29) is 0 Å². The minimum Gasteiger partial charge on any atom is -0.310 e. The summed E-state index contributed by atoms with van der Waals surface area (Å²) in [5.74, 6) is 0. The molecule has 0 saturated heterocycles. The number of halogens is 1. The van der Waals surface area contributed by atoms with E-state index in [1.54, 1.807) is 0 Å². The Labute approximate surface area is 289 Å². The standard InChI is InChI=1S/C44H31IN2/c45-36-25-21-32(22-26-36)33-23-27-39(28-24-33)46(37-17-9-3-10-18-37)40-29-30-42-41(31-40)43(34-13-5-1-6-14-34)44(35-15-7-2-8-16-35)47(42)38-19-11-4-12-20-38/h1-31H. The fraction of sp³-hybridized carbons (Fsp3) is 0. The van der Waals surface area contributed by atoms with Gasteiger partial charge >= 0.3 is 0 Å². The Morgan fingerprint density at radius 3 is 1.51 bits per heavy atom. The third kappa shape index (κ3) is 5.64. The molecule has 2 nitrogen and oxygen atoms in total. The first kappa shape index (κ1) is 29.0. The van der Waals surface area contributed by atoms with Crippen LogP contribution in [0, 0.1) is 3.57 Å². The van der Waals surface area contributed by atoms with Crippen LogP contribution in [0.4, 0.5) is 17.1 Å². The van der Waals surface area contributed by atoms with Crippen LogP contribution in [0.1, 0.15) is 0 Å². The first-order valence-corrected chi connectivity index (χ1v) is 16.9.